The lowest BCUT2D eigenvalue weighted by atomic mass is 10.2. The summed E-state index contributed by atoms with van der Waals surface area (Å²) in [6, 6.07) is 6.90. The minimum atomic E-state index is -0.316. The Kier molecular flexibility index (Phi) is 4.39. The van der Waals surface area contributed by atoms with Crippen LogP contribution in [0.5, 0.6) is 5.75 Å². The Balaban J connectivity index is 2.29. The van der Waals surface area contributed by atoms with Gasteiger partial charge in [0.05, 0.1) is 23.4 Å². The number of halogens is 2. The second-order valence-electron chi connectivity index (χ2n) is 3.65. The van der Waals surface area contributed by atoms with Crippen LogP contribution in [0.1, 0.15) is 10.4 Å². The van der Waals surface area contributed by atoms with E-state index in [4.69, 9.17) is 16.3 Å². The number of anilines is 1. The average molecular weight is 342 g/mol. The highest BCUT2D eigenvalue weighted by molar-refractivity contribution is 9.10. The number of amides is 1. The van der Waals surface area contributed by atoms with Crippen LogP contribution in [0.3, 0.4) is 0 Å². The van der Waals surface area contributed by atoms with Crippen LogP contribution in [0.2, 0.25) is 5.02 Å². The van der Waals surface area contributed by atoms with Crippen LogP contribution in [-0.2, 0) is 0 Å². The molecule has 0 fully saturated rings. The second kappa shape index (κ2) is 6.04. The normalized spacial score (nSPS) is 10.1. The molecule has 0 aliphatic heterocycles. The number of ether oxygens (including phenoxy) is 1. The molecule has 0 aliphatic rings. The molecular formula is C13H10BrClN2O2. The van der Waals surface area contributed by atoms with Gasteiger partial charge in [0.1, 0.15) is 5.75 Å². The number of nitrogens with one attached hydrogen (secondary N) is 1. The maximum absolute atomic E-state index is 12.1. The first-order valence-electron chi connectivity index (χ1n) is 5.36. The van der Waals surface area contributed by atoms with Crippen molar-refractivity contribution in [1.82, 2.24) is 4.98 Å². The second-order valence-corrected chi connectivity index (χ2v) is 4.98. The predicted molar refractivity (Wildman–Crippen MR) is 77.9 cm³/mol. The zero-order valence-electron chi connectivity index (χ0n) is 9.98. The summed E-state index contributed by atoms with van der Waals surface area (Å²) in [6.07, 6.45) is 2.94. The van der Waals surface area contributed by atoms with E-state index in [1.54, 1.807) is 18.2 Å². The number of rotatable bonds is 3. The van der Waals surface area contributed by atoms with E-state index in [0.717, 1.165) is 4.47 Å². The van der Waals surface area contributed by atoms with Gasteiger partial charge in [-0.25, -0.2) is 0 Å². The predicted octanol–water partition coefficient (Wildman–Crippen LogP) is 3.76. The van der Waals surface area contributed by atoms with Crippen LogP contribution in [0.4, 0.5) is 5.69 Å². The highest BCUT2D eigenvalue weighted by atomic mass is 79.9. The maximum Gasteiger partial charge on any atom is 0.257 e. The molecule has 6 heteroatoms. The number of carbonyl (C=O) groups excluding carboxylic acids is 1. The van der Waals surface area contributed by atoms with Gasteiger partial charge in [-0.2, -0.15) is 0 Å². The topological polar surface area (TPSA) is 51.2 Å². The quantitative estimate of drug-likeness (QED) is 0.925. The summed E-state index contributed by atoms with van der Waals surface area (Å²) in [7, 11) is 1.54. The first-order valence-corrected chi connectivity index (χ1v) is 6.53. The number of nitrogens with zero attached hydrogens (tertiary/aromatic N) is 1. The van der Waals surface area contributed by atoms with Crippen LogP contribution in [-0.4, -0.2) is 18.0 Å². The van der Waals surface area contributed by atoms with E-state index in [1.165, 1.54) is 19.5 Å². The molecule has 4 nitrogen and oxygen atoms in total. The van der Waals surface area contributed by atoms with Crippen LogP contribution in [0, 0.1) is 0 Å². The first kappa shape index (κ1) is 13.8. The SMILES string of the molecule is COc1ccc(Br)cc1NC(=O)c1ccncc1Cl. The summed E-state index contributed by atoms with van der Waals surface area (Å²) >= 11 is 9.27. The molecule has 1 aromatic carbocycles. The van der Waals surface area contributed by atoms with Crippen molar-refractivity contribution in [2.24, 2.45) is 0 Å². The van der Waals surface area contributed by atoms with Crippen molar-refractivity contribution >= 4 is 39.1 Å². The molecular weight excluding hydrogens is 332 g/mol. The van der Waals surface area contributed by atoms with Crippen molar-refractivity contribution in [2.45, 2.75) is 0 Å². The molecule has 2 rings (SSSR count). The molecule has 0 bridgehead atoms. The number of carbonyl (C=O) groups is 1. The van der Waals surface area contributed by atoms with Crippen LogP contribution in [0.15, 0.2) is 41.1 Å². The van der Waals surface area contributed by atoms with Crippen molar-refractivity contribution in [3.05, 3.63) is 51.7 Å². The van der Waals surface area contributed by atoms with E-state index in [2.05, 4.69) is 26.2 Å². The zero-order valence-corrected chi connectivity index (χ0v) is 12.3. The Morgan fingerprint density at radius 1 is 1.42 bits per heavy atom. The molecule has 0 unspecified atom stereocenters. The largest absolute Gasteiger partial charge is 0.495 e. The van der Waals surface area contributed by atoms with E-state index in [1.807, 2.05) is 6.07 Å². The third-order valence-electron chi connectivity index (χ3n) is 2.43. The molecule has 1 N–H and O–H groups in total. The van der Waals surface area contributed by atoms with E-state index in [9.17, 15) is 4.79 Å². The van der Waals surface area contributed by atoms with Crippen molar-refractivity contribution in [1.29, 1.82) is 0 Å². The van der Waals surface area contributed by atoms with Gasteiger partial charge in [-0.1, -0.05) is 27.5 Å². The average Bonchev–Trinajstić information content (AvgIpc) is 2.39. The van der Waals surface area contributed by atoms with Crippen LogP contribution >= 0.6 is 27.5 Å². The number of pyridine rings is 1. The summed E-state index contributed by atoms with van der Waals surface area (Å²) in [5.74, 6) is 0.255. The Labute approximate surface area is 123 Å². The van der Waals surface area contributed by atoms with Gasteiger partial charge in [0.2, 0.25) is 0 Å². The minimum Gasteiger partial charge on any atom is -0.495 e. The summed E-state index contributed by atoms with van der Waals surface area (Å²) < 4.78 is 6.02. The number of methoxy groups -OCH3 is 1. The van der Waals surface area contributed by atoms with Crippen LogP contribution in [0.25, 0.3) is 0 Å². The van der Waals surface area contributed by atoms with Crippen molar-refractivity contribution in [2.75, 3.05) is 12.4 Å². The van der Waals surface area contributed by atoms with Gasteiger partial charge in [-0.05, 0) is 24.3 Å². The van der Waals surface area contributed by atoms with Gasteiger partial charge in [0.25, 0.3) is 5.91 Å². The maximum atomic E-state index is 12.1. The van der Waals surface area contributed by atoms with Gasteiger partial charge < -0.3 is 10.1 Å². The highest BCUT2D eigenvalue weighted by Crippen LogP contribution is 2.28. The number of hydrogen-bond donors (Lipinski definition) is 1. The van der Waals surface area contributed by atoms with Gasteiger partial charge in [0.15, 0.2) is 0 Å². The molecule has 0 atom stereocenters. The third kappa shape index (κ3) is 3.24. The first-order chi connectivity index (χ1) is 9.11. The van der Waals surface area contributed by atoms with E-state index in [0.29, 0.717) is 22.0 Å². The Bertz CT molecular complexity index is 619. The summed E-state index contributed by atoms with van der Waals surface area (Å²) in [6.45, 7) is 0. The summed E-state index contributed by atoms with van der Waals surface area (Å²) in [4.78, 5) is 16.0. The Morgan fingerprint density at radius 3 is 2.89 bits per heavy atom. The molecule has 0 radical (unpaired) electrons. The number of hydrogen-bond acceptors (Lipinski definition) is 3. The third-order valence-corrected chi connectivity index (χ3v) is 3.22. The lowest BCUT2D eigenvalue weighted by molar-refractivity contribution is 0.102. The molecule has 98 valence electrons. The zero-order chi connectivity index (χ0) is 13.8. The van der Waals surface area contributed by atoms with Crippen molar-refractivity contribution < 1.29 is 9.53 Å². The molecule has 0 aliphatic carbocycles. The van der Waals surface area contributed by atoms with Crippen molar-refractivity contribution in [3.8, 4) is 5.75 Å². The molecule has 0 spiro atoms. The standard InChI is InChI=1S/C13H10BrClN2O2/c1-19-12-3-2-8(14)6-11(12)17-13(18)9-4-5-16-7-10(9)15/h2-7H,1H3,(H,17,18). The summed E-state index contributed by atoms with van der Waals surface area (Å²) in [5, 5.41) is 3.05. The minimum absolute atomic E-state index is 0.300. The van der Waals surface area contributed by atoms with Crippen molar-refractivity contribution in [3.63, 3.8) is 0 Å². The molecule has 2 aromatic rings. The fourth-order valence-corrected chi connectivity index (χ4v) is 2.09. The fraction of sp³-hybridized carbons (Fsp3) is 0.0769. The van der Waals surface area contributed by atoms with Crippen LogP contribution < -0.4 is 10.1 Å². The van der Waals surface area contributed by atoms with E-state index < -0.39 is 0 Å². The van der Waals surface area contributed by atoms with Gasteiger partial charge in [-0.15, -0.1) is 0 Å². The lowest BCUT2D eigenvalue weighted by Gasteiger charge is -2.11. The molecule has 0 saturated heterocycles. The number of benzene rings is 1. The molecule has 19 heavy (non-hydrogen) atoms. The molecule has 1 amide bonds. The van der Waals surface area contributed by atoms with Gasteiger partial charge in [-0.3, -0.25) is 9.78 Å². The fourth-order valence-electron chi connectivity index (χ4n) is 1.53. The number of aromatic nitrogens is 1. The summed E-state index contributed by atoms with van der Waals surface area (Å²) in [5.41, 5.74) is 0.924. The van der Waals surface area contributed by atoms with Gasteiger partial charge in [0, 0.05) is 16.9 Å². The molecule has 0 saturated carbocycles. The van der Waals surface area contributed by atoms with E-state index >= 15 is 0 Å². The Morgan fingerprint density at radius 2 is 2.21 bits per heavy atom. The molecule has 1 aromatic heterocycles. The van der Waals surface area contributed by atoms with Gasteiger partial charge >= 0.3 is 0 Å². The molecule has 1 heterocycles. The Hall–Kier alpha value is -1.59. The highest BCUT2D eigenvalue weighted by Gasteiger charge is 2.13. The smallest absolute Gasteiger partial charge is 0.257 e. The monoisotopic (exact) mass is 340 g/mol. The lowest BCUT2D eigenvalue weighted by Crippen LogP contribution is -2.13. The van der Waals surface area contributed by atoms with E-state index in [-0.39, 0.29) is 5.91 Å².